The van der Waals surface area contributed by atoms with E-state index in [0.29, 0.717) is 79.1 Å². The summed E-state index contributed by atoms with van der Waals surface area (Å²) in [5.41, 5.74) is 9.46. The number of benzene rings is 12. The summed E-state index contributed by atoms with van der Waals surface area (Å²) in [4.78, 5) is 81.1. The van der Waals surface area contributed by atoms with Gasteiger partial charge in [-0.1, -0.05) is 217 Å². The lowest BCUT2D eigenvalue weighted by Gasteiger charge is -2.26. The molecule has 0 bridgehead atoms. The van der Waals surface area contributed by atoms with Gasteiger partial charge in [-0.15, -0.1) is 0 Å². The van der Waals surface area contributed by atoms with Crippen molar-refractivity contribution in [2.45, 2.75) is 50.5 Å². The zero-order valence-electron chi connectivity index (χ0n) is 69.6. The van der Waals surface area contributed by atoms with Crippen LogP contribution in [0.3, 0.4) is 0 Å². The molecule has 0 aliphatic carbocycles. The number of methoxy groups -OCH3 is 3. The second-order valence-electron chi connectivity index (χ2n) is 29.6. The lowest BCUT2D eigenvalue weighted by atomic mass is 10.1. The monoisotopic (exact) mass is 1800 g/mol. The zero-order valence-corrected chi connectivity index (χ0v) is 72.6. The molecular formula is C99H87Cl4N9O16. The predicted octanol–water partition coefficient (Wildman–Crippen LogP) is 17.3. The van der Waals surface area contributed by atoms with Crippen LogP contribution < -0.4 is 14.7 Å². The second-order valence-corrected chi connectivity index (χ2v) is 31.4. The van der Waals surface area contributed by atoms with Crippen molar-refractivity contribution in [3.8, 4) is 17.1 Å². The van der Waals surface area contributed by atoms with Crippen LogP contribution in [0.15, 0.2) is 315 Å². The number of hydrogen-bond donors (Lipinski definition) is 4. The van der Waals surface area contributed by atoms with Gasteiger partial charge in [0.2, 0.25) is 11.2 Å². The minimum absolute atomic E-state index is 0.00890. The first kappa shape index (κ1) is 91.7. The molecule has 652 valence electrons. The van der Waals surface area contributed by atoms with Gasteiger partial charge < -0.3 is 63.5 Å². The molecule has 3 aromatic heterocycles. The fraction of sp³-hybridized carbons (Fsp3) is 0.162. The summed E-state index contributed by atoms with van der Waals surface area (Å²) in [7, 11) is 3.36. The molecule has 25 nitrogen and oxygen atoms in total. The fourth-order valence-electron chi connectivity index (χ4n) is 13.9. The van der Waals surface area contributed by atoms with Gasteiger partial charge in [0.1, 0.15) is 19.8 Å². The van der Waals surface area contributed by atoms with E-state index in [1.807, 2.05) is 249 Å². The minimum atomic E-state index is -2.39. The van der Waals surface area contributed by atoms with Gasteiger partial charge in [-0.25, -0.2) is 42.8 Å². The number of aromatic nitrogens is 6. The maximum Gasteiger partial charge on any atom is 0.359 e. The summed E-state index contributed by atoms with van der Waals surface area (Å²) < 4.78 is 34.3. The highest BCUT2D eigenvalue weighted by Crippen LogP contribution is 2.33. The summed E-state index contributed by atoms with van der Waals surface area (Å²) in [6.07, 6.45) is 0. The molecule has 0 saturated heterocycles. The summed E-state index contributed by atoms with van der Waals surface area (Å²) in [5, 5.41) is 57.6. The Balaban J connectivity index is 0.000000164. The smallest absolute Gasteiger partial charge is 0.359 e. The van der Waals surface area contributed by atoms with E-state index >= 15 is 0 Å². The number of rotatable bonds is 32. The van der Waals surface area contributed by atoms with Crippen molar-refractivity contribution in [1.82, 2.24) is 29.3 Å². The molecule has 128 heavy (non-hydrogen) atoms. The summed E-state index contributed by atoms with van der Waals surface area (Å²) in [5.74, 6) is -5.26. The molecule has 4 N–H and O–H groups in total. The maximum absolute atomic E-state index is 13.0. The van der Waals surface area contributed by atoms with Crippen molar-refractivity contribution < 1.29 is 77.6 Å². The minimum Gasteiger partial charge on any atom is -0.467 e. The predicted molar refractivity (Wildman–Crippen MR) is 492 cm³/mol. The number of para-hydroxylation sites is 3. The van der Waals surface area contributed by atoms with Crippen LogP contribution in [-0.4, -0.2) is 151 Å². The van der Waals surface area contributed by atoms with E-state index in [1.54, 1.807) is 44.4 Å². The van der Waals surface area contributed by atoms with Crippen LogP contribution in [0.5, 0.6) is 0 Å². The van der Waals surface area contributed by atoms with Gasteiger partial charge in [-0.2, -0.15) is 15.3 Å². The number of halogens is 4. The SMILES string of the molecule is C=C(COC(=O)c1nn(-c2ccc(N(Cc3ccc(Cl)cc3)Cc3ccc(Cl)cc3)cc2)c2ccccc12)C(=O)OC.COC(=O)C(O)(CO)COC(=O)c1nn(-c2ccc(N(Cc3ccc(Cl)cc3)Cc3ccc(Cl)cc3)cc2)c2ccccc12.COC(=O)C(O)(CO)COC(=O)c1nn(-c2ccc(N(Cc3ccccc3)Cc3ccccc3)cc2)c2ccccc12. The van der Waals surface area contributed by atoms with Gasteiger partial charge in [0.15, 0.2) is 17.1 Å². The van der Waals surface area contributed by atoms with E-state index in [9.17, 15) is 49.2 Å². The third-order valence-corrected chi connectivity index (χ3v) is 21.7. The van der Waals surface area contributed by atoms with Gasteiger partial charge in [0.05, 0.1) is 73.7 Å². The number of esters is 6. The number of aliphatic hydroxyl groups excluding tert-OH is 2. The van der Waals surface area contributed by atoms with Gasteiger partial charge in [-0.3, -0.25) is 0 Å². The van der Waals surface area contributed by atoms with Crippen molar-refractivity contribution in [2.75, 3.05) is 69.1 Å². The molecule has 2 atom stereocenters. The Hall–Kier alpha value is -14.0. The van der Waals surface area contributed by atoms with E-state index in [2.05, 4.69) is 75.1 Å². The standard InChI is InChI=1S/C33H29Cl2N3O6.C33H27Cl2N3O4.C33H31N3O6/c1-43-32(41)33(42,20-39)21-44-31(40)30-28-4-2-3-5-29(28)38(36-30)27-16-14-26(15-17-27)37(18-22-6-10-24(34)11-7-22)19-23-8-12-25(35)13-9-23;1-22(32(39)41-2)21-42-33(40)31-29-5-3-4-6-30(29)38(36-31)28-17-15-27(16-18-28)37(19-23-7-11-25(34)12-8-23)20-24-9-13-26(35)14-10-24;1-41-32(39)33(40,22-37)23-42-31(38)30-28-14-8-9-15-29(28)36(34-30)27-18-16-26(17-19-27)35(20-24-10-4-2-5-11-24)21-25-12-6-3-7-13-25/h2-17,39,42H,18-21H2,1H3;3-18H,1,19-21H2,2H3;2-19,37,40H,20-23H2,1H3. The number of ether oxygens (including phenoxy) is 6. The average molecular weight is 1800 g/mol. The first-order chi connectivity index (χ1) is 61.9. The maximum atomic E-state index is 13.0. The van der Waals surface area contributed by atoms with Crippen LogP contribution in [0.4, 0.5) is 17.1 Å². The van der Waals surface area contributed by atoms with Crippen molar-refractivity contribution in [3.05, 3.63) is 386 Å². The molecule has 0 aliphatic heterocycles. The normalized spacial score (nSPS) is 11.9. The third kappa shape index (κ3) is 22.8. The van der Waals surface area contributed by atoms with E-state index in [-0.39, 0.29) is 29.3 Å². The van der Waals surface area contributed by atoms with Crippen molar-refractivity contribution in [1.29, 1.82) is 0 Å². The fourth-order valence-corrected chi connectivity index (χ4v) is 14.4. The van der Waals surface area contributed by atoms with E-state index in [1.165, 1.54) is 18.2 Å². The molecular weight excluding hydrogens is 1710 g/mol. The van der Waals surface area contributed by atoms with Crippen molar-refractivity contribution in [2.24, 2.45) is 0 Å². The van der Waals surface area contributed by atoms with Gasteiger partial charge >= 0.3 is 35.8 Å². The molecule has 0 radical (unpaired) electrons. The first-order valence-corrected chi connectivity index (χ1v) is 41.6. The molecule has 15 aromatic rings. The van der Waals surface area contributed by atoms with Crippen LogP contribution >= 0.6 is 46.4 Å². The van der Waals surface area contributed by atoms with Gasteiger partial charge in [0, 0.05) is 92.6 Å². The number of fused-ring (bicyclic) bond motifs is 3. The van der Waals surface area contributed by atoms with Gasteiger partial charge in [0.25, 0.3) is 0 Å². The van der Waals surface area contributed by atoms with E-state index in [4.69, 9.17) is 60.6 Å². The second kappa shape index (κ2) is 42.8. The number of nitrogens with zero attached hydrogens (tertiary/aromatic N) is 9. The van der Waals surface area contributed by atoms with E-state index < -0.39 is 73.4 Å². The molecule has 0 spiro atoms. The Labute approximate surface area is 756 Å². The summed E-state index contributed by atoms with van der Waals surface area (Å²) in [6, 6.07) is 97.0. The highest BCUT2D eigenvalue weighted by Gasteiger charge is 2.41. The Morgan fingerprint density at radius 1 is 0.336 bits per heavy atom. The Morgan fingerprint density at radius 2 is 0.586 bits per heavy atom. The molecule has 0 aliphatic rings. The number of carbonyl (C=O) groups is 6. The van der Waals surface area contributed by atoms with Crippen LogP contribution in [0.1, 0.15) is 64.8 Å². The van der Waals surface area contributed by atoms with Crippen LogP contribution in [0, 0.1) is 0 Å². The van der Waals surface area contributed by atoms with E-state index in [0.717, 1.165) is 83.5 Å². The summed E-state index contributed by atoms with van der Waals surface area (Å²) >= 11 is 24.4. The highest BCUT2D eigenvalue weighted by atomic mass is 35.5. The van der Waals surface area contributed by atoms with Crippen LogP contribution in [0.25, 0.3) is 49.8 Å². The lowest BCUT2D eigenvalue weighted by molar-refractivity contribution is -0.172. The largest absolute Gasteiger partial charge is 0.467 e. The molecule has 3 heterocycles. The Bertz CT molecular complexity index is 6240. The first-order valence-electron chi connectivity index (χ1n) is 40.1. The van der Waals surface area contributed by atoms with Crippen LogP contribution in [0.2, 0.25) is 20.1 Å². The topological polar surface area (TPSA) is 302 Å². The quantitative estimate of drug-likeness (QED) is 0.0173. The highest BCUT2D eigenvalue weighted by molar-refractivity contribution is 6.31. The Kier molecular flexibility index (Phi) is 30.7. The lowest BCUT2D eigenvalue weighted by Crippen LogP contribution is -2.48. The number of aliphatic hydroxyl groups is 4. The molecule has 0 fully saturated rings. The number of anilines is 3. The number of hydrogen-bond acceptors (Lipinski definition) is 22. The number of carbonyl (C=O) groups excluding carboxylic acids is 6. The molecule has 0 saturated carbocycles. The molecule has 2 unspecified atom stereocenters. The van der Waals surface area contributed by atoms with Gasteiger partial charge in [-0.05, 0) is 173 Å². The molecule has 15 rings (SSSR count). The molecule has 29 heteroatoms. The zero-order chi connectivity index (χ0) is 90.4. The van der Waals surface area contributed by atoms with Crippen molar-refractivity contribution >= 4 is 132 Å². The third-order valence-electron chi connectivity index (χ3n) is 20.7. The average Bonchev–Trinajstić information content (AvgIpc) is 1.63. The molecule has 0 amide bonds. The van der Waals surface area contributed by atoms with Crippen LogP contribution in [-0.2, 0) is 82.1 Å². The van der Waals surface area contributed by atoms with Crippen molar-refractivity contribution in [3.63, 3.8) is 0 Å². The summed E-state index contributed by atoms with van der Waals surface area (Å²) in [6.45, 7) is 3.79. The Morgan fingerprint density at radius 3 is 0.844 bits per heavy atom. The molecule has 12 aromatic carbocycles.